The van der Waals surface area contributed by atoms with Crippen molar-refractivity contribution in [3.8, 4) is 17.0 Å². The Hall–Kier alpha value is -2.34. The molecule has 6 heteroatoms. The van der Waals surface area contributed by atoms with Gasteiger partial charge in [0.2, 0.25) is 0 Å². The number of H-pyrrole nitrogens is 1. The number of ether oxygens (including phenoxy) is 1. The fourth-order valence-corrected chi connectivity index (χ4v) is 2.54. The van der Waals surface area contributed by atoms with Gasteiger partial charge in [-0.3, -0.25) is 9.89 Å². The van der Waals surface area contributed by atoms with Crippen LogP contribution in [0.1, 0.15) is 10.5 Å². The highest BCUT2D eigenvalue weighted by Crippen LogP contribution is 2.23. The van der Waals surface area contributed by atoms with E-state index in [0.29, 0.717) is 5.69 Å². The monoisotopic (exact) mass is 300 g/mol. The highest BCUT2D eigenvalue weighted by molar-refractivity contribution is 5.93. The lowest BCUT2D eigenvalue weighted by atomic mass is 10.1. The zero-order chi connectivity index (χ0) is 15.5. The van der Waals surface area contributed by atoms with Crippen molar-refractivity contribution in [2.24, 2.45) is 0 Å². The number of methoxy groups -OCH3 is 1. The maximum absolute atomic E-state index is 12.5. The van der Waals surface area contributed by atoms with Gasteiger partial charge >= 0.3 is 0 Å². The van der Waals surface area contributed by atoms with Crippen LogP contribution in [0, 0.1) is 0 Å². The van der Waals surface area contributed by atoms with E-state index in [9.17, 15) is 4.79 Å². The number of likely N-dealkylation sites (N-methyl/N-ethyl adjacent to an activating group) is 1. The number of hydrogen-bond acceptors (Lipinski definition) is 4. The Kier molecular flexibility index (Phi) is 4.11. The summed E-state index contributed by atoms with van der Waals surface area (Å²) in [6.45, 7) is 3.32. The Balaban J connectivity index is 1.77. The van der Waals surface area contributed by atoms with Crippen LogP contribution in [0.3, 0.4) is 0 Å². The van der Waals surface area contributed by atoms with E-state index in [2.05, 4.69) is 22.1 Å². The molecule has 3 rings (SSSR count). The third-order valence-corrected chi connectivity index (χ3v) is 3.96. The summed E-state index contributed by atoms with van der Waals surface area (Å²) in [7, 11) is 3.70. The van der Waals surface area contributed by atoms with Crippen molar-refractivity contribution in [3.05, 3.63) is 36.0 Å². The summed E-state index contributed by atoms with van der Waals surface area (Å²) in [6, 6.07) is 9.44. The quantitative estimate of drug-likeness (QED) is 0.932. The number of nitrogens with zero attached hydrogens (tertiary/aromatic N) is 3. The highest BCUT2D eigenvalue weighted by atomic mass is 16.5. The van der Waals surface area contributed by atoms with Crippen LogP contribution in [0.15, 0.2) is 30.3 Å². The Labute approximate surface area is 129 Å². The number of carbonyl (C=O) groups excluding carboxylic acids is 1. The molecule has 1 aromatic carbocycles. The molecule has 2 heterocycles. The minimum atomic E-state index is 0.00902. The van der Waals surface area contributed by atoms with Gasteiger partial charge in [-0.25, -0.2) is 0 Å². The Bertz CT molecular complexity index is 660. The fraction of sp³-hybridized carbons (Fsp3) is 0.375. The number of rotatable bonds is 3. The molecule has 1 fully saturated rings. The molecule has 0 spiro atoms. The van der Waals surface area contributed by atoms with E-state index in [1.807, 2.05) is 29.2 Å². The lowest BCUT2D eigenvalue weighted by molar-refractivity contribution is 0.0658. The molecule has 0 unspecified atom stereocenters. The summed E-state index contributed by atoms with van der Waals surface area (Å²) in [5.74, 6) is 0.780. The van der Waals surface area contributed by atoms with Crippen molar-refractivity contribution >= 4 is 5.91 Å². The predicted molar refractivity (Wildman–Crippen MR) is 84.0 cm³/mol. The summed E-state index contributed by atoms with van der Waals surface area (Å²) in [4.78, 5) is 16.6. The second-order valence-corrected chi connectivity index (χ2v) is 5.49. The maximum atomic E-state index is 12.5. The van der Waals surface area contributed by atoms with Crippen molar-refractivity contribution in [2.45, 2.75) is 0 Å². The van der Waals surface area contributed by atoms with Crippen molar-refractivity contribution in [1.29, 1.82) is 0 Å². The van der Waals surface area contributed by atoms with Crippen molar-refractivity contribution in [2.75, 3.05) is 40.3 Å². The molecule has 1 aliphatic heterocycles. The molecule has 0 radical (unpaired) electrons. The minimum absolute atomic E-state index is 0.00902. The van der Waals surface area contributed by atoms with Crippen LogP contribution >= 0.6 is 0 Å². The fourth-order valence-electron chi connectivity index (χ4n) is 2.54. The van der Waals surface area contributed by atoms with Gasteiger partial charge in [-0.1, -0.05) is 12.1 Å². The van der Waals surface area contributed by atoms with Gasteiger partial charge in [-0.2, -0.15) is 5.10 Å². The van der Waals surface area contributed by atoms with Crippen LogP contribution in [0.25, 0.3) is 11.3 Å². The van der Waals surface area contributed by atoms with Gasteiger partial charge in [0.15, 0.2) is 0 Å². The normalized spacial score (nSPS) is 15.8. The number of nitrogens with one attached hydrogen (secondary N) is 1. The number of amides is 1. The van der Waals surface area contributed by atoms with E-state index in [1.165, 1.54) is 0 Å². The first kappa shape index (κ1) is 14.6. The lowest BCUT2D eigenvalue weighted by Gasteiger charge is -2.31. The first-order valence-corrected chi connectivity index (χ1v) is 7.35. The second kappa shape index (κ2) is 6.19. The standard InChI is InChI=1S/C16H20N4O2/c1-19-6-8-20(9-7-19)16(21)15-11-14(17-18-15)12-4-3-5-13(10-12)22-2/h3-5,10-11H,6-9H2,1-2H3,(H,17,18). The average molecular weight is 300 g/mol. The summed E-state index contributed by atoms with van der Waals surface area (Å²) in [6.07, 6.45) is 0. The van der Waals surface area contributed by atoms with E-state index in [1.54, 1.807) is 13.2 Å². The van der Waals surface area contributed by atoms with Crippen LogP contribution in [0.5, 0.6) is 5.75 Å². The Morgan fingerprint density at radius 3 is 2.73 bits per heavy atom. The van der Waals surface area contributed by atoms with Crippen molar-refractivity contribution < 1.29 is 9.53 Å². The Morgan fingerprint density at radius 2 is 2.00 bits per heavy atom. The minimum Gasteiger partial charge on any atom is -0.497 e. The number of benzene rings is 1. The van der Waals surface area contributed by atoms with Gasteiger partial charge in [0.05, 0.1) is 12.8 Å². The SMILES string of the molecule is COc1cccc(-c2cc(C(=O)N3CCN(C)CC3)[nH]n2)c1. The summed E-state index contributed by atoms with van der Waals surface area (Å²) in [5, 5.41) is 7.11. The van der Waals surface area contributed by atoms with E-state index in [0.717, 1.165) is 43.2 Å². The highest BCUT2D eigenvalue weighted by Gasteiger charge is 2.22. The first-order valence-electron chi connectivity index (χ1n) is 7.35. The van der Waals surface area contributed by atoms with Crippen LogP contribution < -0.4 is 4.74 Å². The van der Waals surface area contributed by atoms with Crippen LogP contribution in [0.4, 0.5) is 0 Å². The zero-order valence-electron chi connectivity index (χ0n) is 12.9. The third-order valence-electron chi connectivity index (χ3n) is 3.96. The van der Waals surface area contributed by atoms with Crippen molar-refractivity contribution in [1.82, 2.24) is 20.0 Å². The molecular weight excluding hydrogens is 280 g/mol. The average Bonchev–Trinajstić information content (AvgIpc) is 3.05. The summed E-state index contributed by atoms with van der Waals surface area (Å²) < 4.78 is 5.22. The van der Waals surface area contributed by atoms with Crippen molar-refractivity contribution in [3.63, 3.8) is 0 Å². The van der Waals surface area contributed by atoms with Gasteiger partial charge in [0, 0.05) is 31.7 Å². The summed E-state index contributed by atoms with van der Waals surface area (Å²) in [5.41, 5.74) is 2.20. The smallest absolute Gasteiger partial charge is 0.271 e. The summed E-state index contributed by atoms with van der Waals surface area (Å²) >= 11 is 0. The molecule has 0 saturated carbocycles. The molecular formula is C16H20N4O2. The van der Waals surface area contributed by atoms with E-state index in [4.69, 9.17) is 4.74 Å². The topological polar surface area (TPSA) is 61.5 Å². The number of hydrogen-bond donors (Lipinski definition) is 1. The maximum Gasteiger partial charge on any atom is 0.271 e. The van der Waals surface area contributed by atoms with E-state index in [-0.39, 0.29) is 5.91 Å². The molecule has 6 nitrogen and oxygen atoms in total. The second-order valence-electron chi connectivity index (χ2n) is 5.49. The van der Waals surface area contributed by atoms with Gasteiger partial charge < -0.3 is 14.5 Å². The van der Waals surface area contributed by atoms with E-state index < -0.39 is 0 Å². The zero-order valence-corrected chi connectivity index (χ0v) is 12.9. The molecule has 1 saturated heterocycles. The first-order chi connectivity index (χ1) is 10.7. The largest absolute Gasteiger partial charge is 0.497 e. The molecule has 1 N–H and O–H groups in total. The molecule has 0 bridgehead atoms. The molecule has 2 aromatic rings. The van der Waals surface area contributed by atoms with Gasteiger partial charge in [0.25, 0.3) is 5.91 Å². The number of carbonyl (C=O) groups is 1. The molecule has 1 aliphatic rings. The Morgan fingerprint density at radius 1 is 1.23 bits per heavy atom. The number of piperazine rings is 1. The number of aromatic amines is 1. The molecule has 1 amide bonds. The molecule has 22 heavy (non-hydrogen) atoms. The van der Waals surface area contributed by atoms with Crippen LogP contribution in [-0.4, -0.2) is 66.2 Å². The number of aromatic nitrogens is 2. The molecule has 1 aromatic heterocycles. The van der Waals surface area contributed by atoms with Gasteiger partial charge in [0.1, 0.15) is 11.4 Å². The van der Waals surface area contributed by atoms with Crippen LogP contribution in [0.2, 0.25) is 0 Å². The van der Waals surface area contributed by atoms with Gasteiger partial charge in [-0.15, -0.1) is 0 Å². The third kappa shape index (κ3) is 2.96. The molecule has 0 aliphatic carbocycles. The van der Waals surface area contributed by atoms with Crippen LogP contribution in [-0.2, 0) is 0 Å². The predicted octanol–water partition coefficient (Wildman–Crippen LogP) is 1.47. The molecule has 0 atom stereocenters. The van der Waals surface area contributed by atoms with Gasteiger partial charge in [-0.05, 0) is 25.2 Å². The lowest BCUT2D eigenvalue weighted by Crippen LogP contribution is -2.47. The molecule has 116 valence electrons. The van der Waals surface area contributed by atoms with E-state index >= 15 is 0 Å².